The smallest absolute Gasteiger partial charge is 0.338 e. The number of hydrogen-bond donors (Lipinski definition) is 0. The van der Waals surface area contributed by atoms with Crippen LogP contribution >= 0.6 is 0 Å². The van der Waals surface area contributed by atoms with Crippen molar-refractivity contribution in [2.24, 2.45) is 5.92 Å². The van der Waals surface area contributed by atoms with Crippen molar-refractivity contribution in [3.05, 3.63) is 72.3 Å². The third-order valence-corrected chi connectivity index (χ3v) is 6.09. The van der Waals surface area contributed by atoms with Crippen LogP contribution in [0.4, 0.5) is 0 Å². The molecule has 4 atom stereocenters. The first-order valence-electron chi connectivity index (χ1n) is 11.0. The first-order valence-corrected chi connectivity index (χ1v) is 11.0. The highest BCUT2D eigenvalue weighted by Gasteiger charge is 2.42. The number of carbonyl (C=O) groups is 2. The van der Waals surface area contributed by atoms with Crippen molar-refractivity contribution in [2.45, 2.75) is 44.2 Å². The van der Waals surface area contributed by atoms with Crippen LogP contribution in [0.5, 0.6) is 0 Å². The quantitative estimate of drug-likeness (QED) is 0.344. The fourth-order valence-electron chi connectivity index (χ4n) is 4.27. The van der Waals surface area contributed by atoms with Crippen LogP contribution in [0.2, 0.25) is 0 Å². The highest BCUT2D eigenvalue weighted by Crippen LogP contribution is 2.36. The minimum Gasteiger partial charge on any atom is -0.461 e. The molecule has 0 bridgehead atoms. The van der Waals surface area contributed by atoms with Gasteiger partial charge in [0, 0.05) is 18.9 Å². The third kappa shape index (κ3) is 5.26. The van der Waals surface area contributed by atoms with Gasteiger partial charge in [-0.25, -0.2) is 4.79 Å². The molecule has 4 unspecified atom stereocenters. The Balaban J connectivity index is 1.38. The predicted octanol–water partition coefficient (Wildman–Crippen LogP) is 4.54. The maximum absolute atomic E-state index is 12.7. The third-order valence-electron chi connectivity index (χ3n) is 6.09. The zero-order valence-corrected chi connectivity index (χ0v) is 18.0. The molecule has 168 valence electrons. The van der Waals surface area contributed by atoms with Crippen molar-refractivity contribution in [1.29, 1.82) is 0 Å². The molecule has 1 heterocycles. The molecule has 6 heteroatoms. The van der Waals surface area contributed by atoms with Crippen LogP contribution in [0.25, 0.3) is 11.1 Å². The second kappa shape index (κ2) is 10.6. The molecule has 4 rings (SSSR count). The van der Waals surface area contributed by atoms with Gasteiger partial charge in [-0.3, -0.25) is 4.79 Å². The topological polar surface area (TPSA) is 71.1 Å². The van der Waals surface area contributed by atoms with E-state index in [1.807, 2.05) is 42.5 Å². The van der Waals surface area contributed by atoms with Gasteiger partial charge in [-0.1, -0.05) is 49.0 Å². The van der Waals surface area contributed by atoms with E-state index in [1.54, 1.807) is 12.1 Å². The first kappa shape index (κ1) is 22.2. The van der Waals surface area contributed by atoms with Gasteiger partial charge in [-0.15, -0.1) is 0 Å². The fraction of sp³-hybridized carbons (Fsp3) is 0.385. The van der Waals surface area contributed by atoms with Gasteiger partial charge in [-0.05, 0) is 48.1 Å². The normalized spacial score (nSPS) is 25.3. The van der Waals surface area contributed by atoms with Gasteiger partial charge >= 0.3 is 5.97 Å². The largest absolute Gasteiger partial charge is 0.461 e. The molecule has 0 aromatic heterocycles. The van der Waals surface area contributed by atoms with Crippen LogP contribution < -0.4 is 0 Å². The Labute approximate surface area is 188 Å². The van der Waals surface area contributed by atoms with Crippen LogP contribution in [0.15, 0.2) is 66.7 Å². The molecule has 0 N–H and O–H groups in total. The Morgan fingerprint density at radius 1 is 1.06 bits per heavy atom. The summed E-state index contributed by atoms with van der Waals surface area (Å²) in [5, 5.41) is 0. The first-order chi connectivity index (χ1) is 15.7. The zero-order chi connectivity index (χ0) is 22.3. The molecule has 1 saturated heterocycles. The second-order valence-corrected chi connectivity index (χ2v) is 8.15. The molecule has 2 fully saturated rings. The van der Waals surface area contributed by atoms with E-state index < -0.39 is 12.1 Å². The molecule has 0 amide bonds. The molecule has 2 aliphatic rings. The Hall–Kier alpha value is -2.96. The van der Waals surface area contributed by atoms with Gasteiger partial charge in [0.2, 0.25) is 0 Å². The standard InChI is InChI=1S/C26H28O6/c1-18-22(24(15-23(18)31-17-27)32-25-9-5-6-14-29-25)16-30-26(28)21-12-10-20(11-13-21)19-7-3-2-4-8-19/h2-4,7-8,10-13,17,22-25H,1,5-6,9,14-16H2. The van der Waals surface area contributed by atoms with E-state index >= 15 is 0 Å². The average molecular weight is 437 g/mol. The number of carbonyl (C=O) groups excluding carboxylic acids is 2. The van der Waals surface area contributed by atoms with Crippen LogP contribution in [0.1, 0.15) is 36.0 Å². The Bertz CT molecular complexity index is 917. The van der Waals surface area contributed by atoms with Crippen molar-refractivity contribution in [3.8, 4) is 11.1 Å². The van der Waals surface area contributed by atoms with E-state index in [0.29, 0.717) is 30.6 Å². The number of rotatable bonds is 8. The molecule has 1 saturated carbocycles. The summed E-state index contributed by atoms with van der Waals surface area (Å²) in [6.07, 6.45) is 2.34. The molecule has 6 nitrogen and oxygen atoms in total. The fourth-order valence-corrected chi connectivity index (χ4v) is 4.27. The lowest BCUT2D eigenvalue weighted by molar-refractivity contribution is -0.196. The van der Waals surface area contributed by atoms with Crippen LogP contribution in [-0.2, 0) is 23.7 Å². The molecule has 1 aliphatic heterocycles. The summed E-state index contributed by atoms with van der Waals surface area (Å²) >= 11 is 0. The Morgan fingerprint density at radius 2 is 1.81 bits per heavy atom. The maximum atomic E-state index is 12.7. The van der Waals surface area contributed by atoms with Crippen LogP contribution in [0, 0.1) is 5.92 Å². The van der Waals surface area contributed by atoms with E-state index in [4.69, 9.17) is 18.9 Å². The second-order valence-electron chi connectivity index (χ2n) is 8.15. The van der Waals surface area contributed by atoms with Gasteiger partial charge in [-0.2, -0.15) is 0 Å². The number of ether oxygens (including phenoxy) is 4. The lowest BCUT2D eigenvalue weighted by Crippen LogP contribution is -2.32. The lowest BCUT2D eigenvalue weighted by Gasteiger charge is -2.28. The molecular formula is C26H28O6. The molecule has 2 aromatic carbocycles. The molecule has 0 radical (unpaired) electrons. The van der Waals surface area contributed by atoms with Crippen LogP contribution in [0.3, 0.4) is 0 Å². The Kier molecular flexibility index (Phi) is 7.35. The van der Waals surface area contributed by atoms with Gasteiger partial charge in [0.25, 0.3) is 6.47 Å². The summed E-state index contributed by atoms with van der Waals surface area (Å²) in [6, 6.07) is 17.3. The predicted molar refractivity (Wildman–Crippen MR) is 119 cm³/mol. The van der Waals surface area contributed by atoms with E-state index in [1.165, 1.54) is 0 Å². The zero-order valence-electron chi connectivity index (χ0n) is 18.0. The summed E-state index contributed by atoms with van der Waals surface area (Å²) in [6.45, 7) is 5.28. The molecule has 2 aromatic rings. The summed E-state index contributed by atoms with van der Waals surface area (Å²) in [4.78, 5) is 23.5. The summed E-state index contributed by atoms with van der Waals surface area (Å²) in [5.41, 5.74) is 3.29. The van der Waals surface area contributed by atoms with Gasteiger partial charge in [0.05, 0.1) is 11.7 Å². The molecular weight excluding hydrogens is 408 g/mol. The number of benzene rings is 2. The van der Waals surface area contributed by atoms with Crippen LogP contribution in [-0.4, -0.2) is 44.2 Å². The Morgan fingerprint density at radius 3 is 2.50 bits per heavy atom. The number of esters is 1. The van der Waals surface area contributed by atoms with Gasteiger partial charge in [0.15, 0.2) is 6.29 Å². The van der Waals surface area contributed by atoms with Crippen molar-refractivity contribution in [1.82, 2.24) is 0 Å². The molecule has 1 aliphatic carbocycles. The van der Waals surface area contributed by atoms with Crippen molar-refractivity contribution < 1.29 is 28.5 Å². The van der Waals surface area contributed by atoms with Crippen molar-refractivity contribution in [3.63, 3.8) is 0 Å². The summed E-state index contributed by atoms with van der Waals surface area (Å²) in [7, 11) is 0. The van der Waals surface area contributed by atoms with Gasteiger partial charge in [0.1, 0.15) is 12.7 Å². The van der Waals surface area contributed by atoms with E-state index in [0.717, 1.165) is 30.4 Å². The lowest BCUT2D eigenvalue weighted by atomic mass is 10.0. The monoisotopic (exact) mass is 436 g/mol. The minimum atomic E-state index is -0.449. The van der Waals surface area contributed by atoms with Crippen molar-refractivity contribution in [2.75, 3.05) is 13.2 Å². The average Bonchev–Trinajstić information content (AvgIpc) is 3.13. The molecule has 0 spiro atoms. The maximum Gasteiger partial charge on any atom is 0.338 e. The highest BCUT2D eigenvalue weighted by molar-refractivity contribution is 5.90. The summed E-state index contributed by atoms with van der Waals surface area (Å²) < 4.78 is 22.6. The molecule has 32 heavy (non-hydrogen) atoms. The van der Waals surface area contributed by atoms with E-state index in [-0.39, 0.29) is 24.9 Å². The van der Waals surface area contributed by atoms with Gasteiger partial charge < -0.3 is 18.9 Å². The van der Waals surface area contributed by atoms with E-state index in [2.05, 4.69) is 6.58 Å². The van der Waals surface area contributed by atoms with Crippen molar-refractivity contribution >= 4 is 12.4 Å². The number of hydrogen-bond acceptors (Lipinski definition) is 6. The SMILES string of the molecule is C=C1C(OC=O)CC(OC2CCCCO2)C1COC(=O)c1ccc(-c2ccccc2)cc1. The highest BCUT2D eigenvalue weighted by atomic mass is 16.7. The van der Waals surface area contributed by atoms with E-state index in [9.17, 15) is 9.59 Å². The minimum absolute atomic E-state index is 0.105. The summed E-state index contributed by atoms with van der Waals surface area (Å²) in [5.74, 6) is -0.678.